The largest absolute Gasteiger partial charge is 0.479 e. The highest BCUT2D eigenvalue weighted by molar-refractivity contribution is 6.28. The Morgan fingerprint density at radius 3 is 2.94 bits per heavy atom. The lowest BCUT2D eigenvalue weighted by atomic mass is 10.3. The fourth-order valence-electron chi connectivity index (χ4n) is 1.45. The van der Waals surface area contributed by atoms with Gasteiger partial charge in [-0.25, -0.2) is 0 Å². The third-order valence-electron chi connectivity index (χ3n) is 2.23. The molecule has 0 atom stereocenters. The molecule has 0 aliphatic carbocycles. The van der Waals surface area contributed by atoms with Crippen molar-refractivity contribution in [3.63, 3.8) is 0 Å². The number of nitrogens with zero attached hydrogens (tertiary/aromatic N) is 1. The van der Waals surface area contributed by atoms with Crippen LogP contribution in [0.15, 0.2) is 40.8 Å². The predicted molar refractivity (Wildman–Crippen MR) is 68.6 cm³/mol. The maximum absolute atomic E-state index is 8.44. The van der Waals surface area contributed by atoms with Crippen molar-refractivity contribution in [1.29, 1.82) is 5.26 Å². The summed E-state index contributed by atoms with van der Waals surface area (Å²) in [6, 6.07) is 12.8. The van der Waals surface area contributed by atoms with E-state index in [0.29, 0.717) is 17.5 Å². The topological polar surface area (TPSA) is 58.2 Å². The van der Waals surface area contributed by atoms with E-state index in [2.05, 4.69) is 5.32 Å². The van der Waals surface area contributed by atoms with Gasteiger partial charge in [0, 0.05) is 11.8 Å². The lowest BCUT2D eigenvalue weighted by Gasteiger charge is -2.07. The smallest absolute Gasteiger partial charge is 0.193 e. The van der Waals surface area contributed by atoms with Crippen LogP contribution in [0.3, 0.4) is 0 Å². The minimum atomic E-state index is 0.0389. The molecule has 1 N–H and O–H groups in total. The van der Waals surface area contributed by atoms with Crippen LogP contribution in [-0.2, 0) is 6.54 Å². The fourth-order valence-corrected chi connectivity index (χ4v) is 1.61. The van der Waals surface area contributed by atoms with Gasteiger partial charge in [0.05, 0.1) is 6.54 Å². The molecule has 0 aliphatic rings. The minimum absolute atomic E-state index is 0.0389. The molecule has 0 saturated carbocycles. The van der Waals surface area contributed by atoms with E-state index < -0.39 is 0 Å². The number of ether oxygens (including phenoxy) is 1. The SMILES string of the molecule is N#CCOc1cccc(NCc2ccc(Cl)o2)c1. The first-order chi connectivity index (χ1) is 8.78. The van der Waals surface area contributed by atoms with Crippen LogP contribution in [0.2, 0.25) is 5.22 Å². The zero-order valence-corrected chi connectivity index (χ0v) is 10.3. The molecule has 0 amide bonds. The molecule has 4 nitrogen and oxygen atoms in total. The van der Waals surface area contributed by atoms with Gasteiger partial charge in [-0.3, -0.25) is 0 Å². The Balaban J connectivity index is 1.95. The highest BCUT2D eigenvalue weighted by atomic mass is 35.5. The van der Waals surface area contributed by atoms with Crippen LogP contribution >= 0.6 is 11.6 Å². The Morgan fingerprint density at radius 1 is 1.33 bits per heavy atom. The first-order valence-corrected chi connectivity index (χ1v) is 5.73. The zero-order valence-electron chi connectivity index (χ0n) is 9.52. The first-order valence-electron chi connectivity index (χ1n) is 5.36. The second kappa shape index (κ2) is 5.99. The van der Waals surface area contributed by atoms with Gasteiger partial charge < -0.3 is 14.5 Å². The number of nitriles is 1. The van der Waals surface area contributed by atoms with Gasteiger partial charge in [0.1, 0.15) is 17.6 Å². The Bertz CT molecular complexity index is 560. The zero-order chi connectivity index (χ0) is 12.8. The molecule has 0 fully saturated rings. The number of nitrogens with one attached hydrogen (secondary N) is 1. The van der Waals surface area contributed by atoms with Crippen molar-refractivity contribution < 1.29 is 9.15 Å². The summed E-state index contributed by atoms with van der Waals surface area (Å²) in [5.74, 6) is 1.40. The number of benzene rings is 1. The molecular formula is C13H11ClN2O2. The number of halogens is 1. The summed E-state index contributed by atoms with van der Waals surface area (Å²) in [5, 5.41) is 12.0. The molecule has 0 spiro atoms. The highest BCUT2D eigenvalue weighted by Gasteiger charge is 2.00. The normalized spacial score (nSPS) is 9.78. The average Bonchev–Trinajstić information content (AvgIpc) is 2.80. The van der Waals surface area contributed by atoms with Crippen LogP contribution in [0.25, 0.3) is 0 Å². The summed E-state index contributed by atoms with van der Waals surface area (Å²) in [6.07, 6.45) is 0. The molecule has 0 saturated heterocycles. The third-order valence-corrected chi connectivity index (χ3v) is 2.44. The summed E-state index contributed by atoms with van der Waals surface area (Å²) < 4.78 is 10.4. The van der Waals surface area contributed by atoms with Crippen molar-refractivity contribution in [3.8, 4) is 11.8 Å². The van der Waals surface area contributed by atoms with E-state index in [1.165, 1.54) is 0 Å². The third kappa shape index (κ3) is 3.44. The van der Waals surface area contributed by atoms with Gasteiger partial charge in [-0.1, -0.05) is 6.07 Å². The van der Waals surface area contributed by atoms with Crippen molar-refractivity contribution >= 4 is 17.3 Å². The van der Waals surface area contributed by atoms with Gasteiger partial charge in [-0.05, 0) is 35.9 Å². The molecule has 1 aromatic heterocycles. The molecule has 0 aliphatic heterocycles. The van der Waals surface area contributed by atoms with E-state index in [1.54, 1.807) is 12.1 Å². The van der Waals surface area contributed by atoms with Crippen molar-refractivity contribution in [2.75, 3.05) is 11.9 Å². The molecule has 0 bridgehead atoms. The fraction of sp³-hybridized carbons (Fsp3) is 0.154. The van der Waals surface area contributed by atoms with Crippen LogP contribution in [-0.4, -0.2) is 6.61 Å². The molecule has 0 unspecified atom stereocenters. The van der Waals surface area contributed by atoms with Crippen molar-refractivity contribution in [1.82, 2.24) is 0 Å². The van der Waals surface area contributed by atoms with E-state index in [0.717, 1.165) is 11.4 Å². The van der Waals surface area contributed by atoms with Crippen molar-refractivity contribution in [2.45, 2.75) is 6.54 Å². The van der Waals surface area contributed by atoms with Gasteiger partial charge in [-0.15, -0.1) is 0 Å². The van der Waals surface area contributed by atoms with Gasteiger partial charge in [-0.2, -0.15) is 5.26 Å². The average molecular weight is 263 g/mol. The van der Waals surface area contributed by atoms with Crippen LogP contribution in [0.4, 0.5) is 5.69 Å². The number of hydrogen-bond donors (Lipinski definition) is 1. The van der Waals surface area contributed by atoms with E-state index in [9.17, 15) is 0 Å². The summed E-state index contributed by atoms with van der Waals surface area (Å²) >= 11 is 5.68. The maximum Gasteiger partial charge on any atom is 0.193 e. The van der Waals surface area contributed by atoms with E-state index in [1.807, 2.05) is 30.3 Å². The minimum Gasteiger partial charge on any atom is -0.479 e. The van der Waals surface area contributed by atoms with E-state index in [-0.39, 0.29) is 6.61 Å². The highest BCUT2D eigenvalue weighted by Crippen LogP contribution is 2.19. The van der Waals surface area contributed by atoms with Gasteiger partial charge in [0.2, 0.25) is 0 Å². The van der Waals surface area contributed by atoms with Gasteiger partial charge >= 0.3 is 0 Å². The maximum atomic E-state index is 8.44. The molecule has 2 aromatic rings. The van der Waals surface area contributed by atoms with E-state index >= 15 is 0 Å². The summed E-state index contributed by atoms with van der Waals surface area (Å²) in [6.45, 7) is 0.575. The van der Waals surface area contributed by atoms with Crippen molar-refractivity contribution in [3.05, 3.63) is 47.4 Å². The standard InChI is InChI=1S/C13H11ClN2O2/c14-13-5-4-12(18-13)9-16-10-2-1-3-11(8-10)17-7-6-15/h1-5,8,16H,7,9H2. The Kier molecular flexibility index (Phi) is 4.11. The lowest BCUT2D eigenvalue weighted by Crippen LogP contribution is -1.99. The molecule has 18 heavy (non-hydrogen) atoms. The Morgan fingerprint density at radius 2 is 2.22 bits per heavy atom. The second-order valence-electron chi connectivity index (χ2n) is 3.53. The summed E-state index contributed by atoms with van der Waals surface area (Å²) in [5.41, 5.74) is 0.887. The lowest BCUT2D eigenvalue weighted by molar-refractivity contribution is 0.368. The van der Waals surface area contributed by atoms with Crippen LogP contribution in [0.5, 0.6) is 5.75 Å². The first kappa shape index (κ1) is 12.3. The molecule has 5 heteroatoms. The monoisotopic (exact) mass is 262 g/mol. The van der Waals surface area contributed by atoms with Crippen molar-refractivity contribution in [2.24, 2.45) is 0 Å². The molecule has 1 aromatic carbocycles. The van der Waals surface area contributed by atoms with E-state index in [4.69, 9.17) is 26.0 Å². The second-order valence-corrected chi connectivity index (χ2v) is 3.91. The summed E-state index contributed by atoms with van der Waals surface area (Å²) in [7, 11) is 0. The predicted octanol–water partition coefficient (Wildman–Crippen LogP) is 3.45. The molecule has 1 heterocycles. The van der Waals surface area contributed by atoms with Gasteiger partial charge in [0.25, 0.3) is 0 Å². The quantitative estimate of drug-likeness (QED) is 0.897. The Hall–Kier alpha value is -2.12. The van der Waals surface area contributed by atoms with Crippen LogP contribution < -0.4 is 10.1 Å². The molecule has 92 valence electrons. The van der Waals surface area contributed by atoms with Crippen LogP contribution in [0, 0.1) is 11.3 Å². The summed E-state index contributed by atoms with van der Waals surface area (Å²) in [4.78, 5) is 0. The number of anilines is 1. The van der Waals surface area contributed by atoms with Crippen LogP contribution in [0.1, 0.15) is 5.76 Å². The number of hydrogen-bond acceptors (Lipinski definition) is 4. The van der Waals surface area contributed by atoms with Gasteiger partial charge in [0.15, 0.2) is 11.8 Å². The molecule has 0 radical (unpaired) electrons. The molecule has 2 rings (SSSR count). The Labute approximate surface area is 110 Å². The number of furan rings is 1. The number of rotatable bonds is 5. The molecular weight excluding hydrogens is 252 g/mol.